The Bertz CT molecular complexity index is 3350. The second kappa shape index (κ2) is 15.1. The summed E-state index contributed by atoms with van der Waals surface area (Å²) in [7, 11) is 0. The van der Waals surface area contributed by atoms with Crippen molar-refractivity contribution in [3.63, 3.8) is 0 Å². The number of fused-ring (bicyclic) bond motifs is 13. The average molecular weight is 828 g/mol. The highest BCUT2D eigenvalue weighted by Gasteiger charge is 2.51. The van der Waals surface area contributed by atoms with Crippen molar-refractivity contribution in [1.29, 1.82) is 0 Å². The molecule has 65 heavy (non-hydrogen) atoms. The van der Waals surface area contributed by atoms with Crippen LogP contribution in [0.25, 0.3) is 55.6 Å². The quantitative estimate of drug-likeness (QED) is 0.161. The molecule has 10 aromatic carbocycles. The maximum absolute atomic E-state index is 2.49. The maximum Gasteiger partial charge on any atom is 0.0726 e. The summed E-state index contributed by atoms with van der Waals surface area (Å²) in [6, 6.07) is 90.6. The Morgan fingerprint density at radius 2 is 0.785 bits per heavy atom. The molecular weight excluding hydrogens is 783 g/mol. The van der Waals surface area contributed by atoms with Crippen molar-refractivity contribution in [3.8, 4) is 55.6 Å². The molecule has 0 fully saturated rings. The van der Waals surface area contributed by atoms with E-state index in [1.807, 2.05) is 0 Å². The number of aryl methyl sites for hydroxylation is 1. The van der Waals surface area contributed by atoms with Crippen LogP contribution in [0.4, 0.5) is 17.1 Å². The molecule has 3 aliphatic rings. The molecule has 0 radical (unpaired) electrons. The van der Waals surface area contributed by atoms with Gasteiger partial charge in [0.15, 0.2) is 0 Å². The minimum Gasteiger partial charge on any atom is -0.310 e. The van der Waals surface area contributed by atoms with Gasteiger partial charge in [0.25, 0.3) is 0 Å². The van der Waals surface area contributed by atoms with Crippen LogP contribution in [0, 0.1) is 0 Å². The maximum atomic E-state index is 2.49. The zero-order valence-electron chi connectivity index (χ0n) is 36.0. The van der Waals surface area contributed by atoms with E-state index in [2.05, 4.69) is 248 Å². The summed E-state index contributed by atoms with van der Waals surface area (Å²) in [5.74, 6) is 0.349. The average Bonchev–Trinajstić information content (AvgIpc) is 3.78. The van der Waals surface area contributed by atoms with E-state index < -0.39 is 5.41 Å². The molecule has 0 N–H and O–H groups in total. The van der Waals surface area contributed by atoms with Crippen LogP contribution in [0.2, 0.25) is 0 Å². The molecule has 10 aromatic rings. The van der Waals surface area contributed by atoms with E-state index in [1.165, 1.54) is 94.6 Å². The van der Waals surface area contributed by atoms with Crippen molar-refractivity contribution < 1.29 is 0 Å². The molecule has 0 saturated heterocycles. The molecule has 13 rings (SSSR count). The summed E-state index contributed by atoms with van der Waals surface area (Å²) >= 11 is 0. The first-order valence-electron chi connectivity index (χ1n) is 23.0. The van der Waals surface area contributed by atoms with Gasteiger partial charge in [0.05, 0.1) is 5.41 Å². The summed E-state index contributed by atoms with van der Waals surface area (Å²) in [5.41, 5.74) is 25.3. The van der Waals surface area contributed by atoms with Gasteiger partial charge in [0, 0.05) is 23.0 Å². The van der Waals surface area contributed by atoms with E-state index in [4.69, 9.17) is 0 Å². The third-order valence-electron chi connectivity index (χ3n) is 14.6. The van der Waals surface area contributed by atoms with Crippen LogP contribution < -0.4 is 4.90 Å². The molecule has 1 spiro atoms. The van der Waals surface area contributed by atoms with Gasteiger partial charge in [0.2, 0.25) is 0 Å². The van der Waals surface area contributed by atoms with E-state index in [1.54, 1.807) is 0 Å². The summed E-state index contributed by atoms with van der Waals surface area (Å²) in [6.45, 7) is 0. The van der Waals surface area contributed by atoms with Gasteiger partial charge in [-0.3, -0.25) is 0 Å². The molecule has 306 valence electrons. The van der Waals surface area contributed by atoms with Gasteiger partial charge < -0.3 is 4.90 Å². The first-order valence-corrected chi connectivity index (χ1v) is 23.0. The lowest BCUT2D eigenvalue weighted by atomic mass is 9.70. The molecule has 3 aliphatic carbocycles. The van der Waals surface area contributed by atoms with Gasteiger partial charge in [-0.2, -0.15) is 0 Å². The van der Waals surface area contributed by atoms with Crippen LogP contribution in [0.15, 0.2) is 243 Å². The van der Waals surface area contributed by atoms with Crippen LogP contribution in [-0.2, 0) is 11.8 Å². The molecule has 1 nitrogen and oxygen atoms in total. The Kier molecular flexibility index (Phi) is 8.71. The van der Waals surface area contributed by atoms with Crippen molar-refractivity contribution in [1.82, 2.24) is 0 Å². The SMILES string of the molecule is c1ccc(-c2ccc(N(c3ccc(-c4ccc5c(c4)-c4ccccc4CCC5c4ccccc4)cc3)c3ccc4c(c3)C3(c5ccccc5-c5ccccc53)c3ccccc3-4)cc2)cc1. The highest BCUT2D eigenvalue weighted by Crippen LogP contribution is 2.63. The van der Waals surface area contributed by atoms with Crippen molar-refractivity contribution in [3.05, 3.63) is 282 Å². The Balaban J connectivity index is 0.956. The van der Waals surface area contributed by atoms with Crippen molar-refractivity contribution in [2.75, 3.05) is 4.90 Å². The van der Waals surface area contributed by atoms with E-state index in [9.17, 15) is 0 Å². The number of anilines is 3. The Morgan fingerprint density at radius 1 is 0.323 bits per heavy atom. The van der Waals surface area contributed by atoms with E-state index >= 15 is 0 Å². The van der Waals surface area contributed by atoms with Crippen LogP contribution in [-0.4, -0.2) is 0 Å². The smallest absolute Gasteiger partial charge is 0.0726 e. The van der Waals surface area contributed by atoms with Crippen molar-refractivity contribution in [2.24, 2.45) is 0 Å². The van der Waals surface area contributed by atoms with E-state index in [0.717, 1.165) is 29.9 Å². The predicted octanol–water partition coefficient (Wildman–Crippen LogP) is 16.6. The van der Waals surface area contributed by atoms with Gasteiger partial charge in [-0.25, -0.2) is 0 Å². The number of nitrogens with zero attached hydrogens (tertiary/aromatic N) is 1. The second-order valence-corrected chi connectivity index (χ2v) is 17.9. The fraction of sp³-hybridized carbons (Fsp3) is 0.0625. The third-order valence-corrected chi connectivity index (χ3v) is 14.6. The molecule has 0 saturated carbocycles. The normalized spacial score (nSPS) is 14.6. The first-order chi connectivity index (χ1) is 32.2. The highest BCUT2D eigenvalue weighted by molar-refractivity contribution is 5.96. The molecule has 1 atom stereocenters. The Morgan fingerprint density at radius 3 is 1.40 bits per heavy atom. The largest absolute Gasteiger partial charge is 0.310 e. The summed E-state index contributed by atoms with van der Waals surface area (Å²) in [5, 5.41) is 0. The number of benzene rings is 10. The molecule has 0 heterocycles. The summed E-state index contributed by atoms with van der Waals surface area (Å²) in [4.78, 5) is 2.44. The number of rotatable bonds is 6. The number of hydrogen-bond donors (Lipinski definition) is 0. The van der Waals surface area contributed by atoms with Gasteiger partial charge >= 0.3 is 0 Å². The molecule has 1 heteroatoms. The lowest BCUT2D eigenvalue weighted by Gasteiger charge is -2.32. The molecule has 1 unspecified atom stereocenters. The Labute approximate surface area is 381 Å². The van der Waals surface area contributed by atoms with Crippen molar-refractivity contribution in [2.45, 2.75) is 24.2 Å². The van der Waals surface area contributed by atoms with Crippen LogP contribution in [0.1, 0.15) is 51.3 Å². The van der Waals surface area contributed by atoms with Crippen molar-refractivity contribution >= 4 is 17.1 Å². The fourth-order valence-electron chi connectivity index (χ4n) is 11.7. The summed E-state index contributed by atoms with van der Waals surface area (Å²) < 4.78 is 0. The van der Waals surface area contributed by atoms with E-state index in [-0.39, 0.29) is 0 Å². The van der Waals surface area contributed by atoms with Crippen LogP contribution in [0.3, 0.4) is 0 Å². The van der Waals surface area contributed by atoms with Gasteiger partial charge in [-0.15, -0.1) is 0 Å². The highest BCUT2D eigenvalue weighted by atomic mass is 15.1. The molecule has 0 amide bonds. The standard InChI is InChI=1S/C64H45N/c1-3-15-43(16-4-1)44-27-33-49(34-28-44)65(51-37-40-58-57-23-11-14-26-62(57)64(63(58)42-51)60-24-12-9-21-55(60)56-22-10-13-25-61(56)64)50-35-29-45(30-36-50)48-32-39-54-53(46-17-5-2-6-18-46)38-31-47-19-7-8-20-52(47)59(54)41-48/h1-30,32-37,39-42,53H,31,38H2. The van der Waals surface area contributed by atoms with Crippen LogP contribution in [0.5, 0.6) is 0 Å². The monoisotopic (exact) mass is 827 g/mol. The van der Waals surface area contributed by atoms with Gasteiger partial charge in [-0.05, 0) is 150 Å². The predicted molar refractivity (Wildman–Crippen MR) is 270 cm³/mol. The lowest BCUT2D eigenvalue weighted by molar-refractivity contribution is 0.726. The zero-order chi connectivity index (χ0) is 42.9. The topological polar surface area (TPSA) is 3.24 Å². The van der Waals surface area contributed by atoms with Crippen LogP contribution >= 0.6 is 0 Å². The molecule has 0 aliphatic heterocycles. The minimum absolute atomic E-state index is 0.349. The first kappa shape index (κ1) is 37.5. The zero-order valence-corrected chi connectivity index (χ0v) is 36.0. The fourth-order valence-corrected chi connectivity index (χ4v) is 11.7. The lowest BCUT2D eigenvalue weighted by Crippen LogP contribution is -2.26. The Hall–Kier alpha value is -8.00. The minimum atomic E-state index is -0.425. The molecular formula is C64H45N. The van der Waals surface area contributed by atoms with Gasteiger partial charge in [-0.1, -0.05) is 200 Å². The van der Waals surface area contributed by atoms with Gasteiger partial charge in [0.1, 0.15) is 0 Å². The molecule has 0 bridgehead atoms. The molecule has 0 aromatic heterocycles. The van der Waals surface area contributed by atoms with E-state index in [0.29, 0.717) is 5.92 Å². The summed E-state index contributed by atoms with van der Waals surface area (Å²) in [6.07, 6.45) is 2.16. The third kappa shape index (κ3) is 5.86. The second-order valence-electron chi connectivity index (χ2n) is 17.9. The number of hydrogen-bond acceptors (Lipinski definition) is 1.